The fourth-order valence-electron chi connectivity index (χ4n) is 3.92. The topological polar surface area (TPSA) is 127 Å². The monoisotopic (exact) mass is 486 g/mol. The average molecular weight is 487 g/mol. The van der Waals surface area contributed by atoms with Gasteiger partial charge in [-0.1, -0.05) is 0 Å². The molecule has 0 saturated heterocycles. The Morgan fingerprint density at radius 3 is 2.74 bits per heavy atom. The van der Waals surface area contributed by atoms with E-state index in [9.17, 15) is 18.7 Å². The van der Waals surface area contributed by atoms with Crippen molar-refractivity contribution >= 4 is 28.4 Å². The van der Waals surface area contributed by atoms with E-state index >= 15 is 0 Å². The third kappa shape index (κ3) is 5.21. The quantitative estimate of drug-likeness (QED) is 0.392. The molecular weight excluding hydrogens is 458 g/mol. The number of rotatable bonds is 8. The summed E-state index contributed by atoms with van der Waals surface area (Å²) < 4.78 is 30.7. The van der Waals surface area contributed by atoms with E-state index in [1.54, 1.807) is 36.7 Å². The molecule has 186 valence electrons. The first-order valence-electron chi connectivity index (χ1n) is 11.2. The predicted octanol–water partition coefficient (Wildman–Crippen LogP) is 2.59. The van der Waals surface area contributed by atoms with Crippen LogP contribution in [0.25, 0.3) is 16.6 Å². The van der Waals surface area contributed by atoms with Crippen molar-refractivity contribution in [1.82, 2.24) is 34.3 Å². The standard InChI is InChI=1S/C23H28F2N8O2/c1-13(31(4)21(34)14-10-27-32(11-14)12-23(2,3)35)6-5-7-18-28-20-16-8-15(24)9-17(25)19(16)29-22(26)33(20)30-18/h8-11,13,35H,5-7,12H2,1-4H3,(H2,26,29)/t13-/m0/s1. The van der Waals surface area contributed by atoms with Crippen LogP contribution in [0, 0.1) is 11.6 Å². The van der Waals surface area contributed by atoms with Gasteiger partial charge in [0.05, 0.1) is 29.3 Å². The minimum absolute atomic E-state index is 0.0411. The van der Waals surface area contributed by atoms with Gasteiger partial charge in [0.15, 0.2) is 17.3 Å². The molecule has 0 radical (unpaired) electrons. The SMILES string of the molecule is C[C@@H](CCCc1nc2c3cc(F)cc(F)c3nc(N)n2n1)N(C)C(=O)c1cnn(CC(C)(C)O)c1. The number of benzene rings is 1. The zero-order valence-corrected chi connectivity index (χ0v) is 20.0. The van der Waals surface area contributed by atoms with E-state index < -0.39 is 17.2 Å². The van der Waals surface area contributed by atoms with Crippen molar-refractivity contribution in [3.05, 3.63) is 47.5 Å². The maximum atomic E-state index is 14.1. The summed E-state index contributed by atoms with van der Waals surface area (Å²) in [4.78, 5) is 22.9. The van der Waals surface area contributed by atoms with E-state index in [0.29, 0.717) is 30.7 Å². The van der Waals surface area contributed by atoms with E-state index in [0.717, 1.165) is 12.1 Å². The Hall–Kier alpha value is -3.67. The second-order valence-corrected chi connectivity index (χ2v) is 9.41. The number of amides is 1. The number of nitrogens with two attached hydrogens (primary N) is 1. The summed E-state index contributed by atoms with van der Waals surface area (Å²) in [5, 5.41) is 18.6. The Morgan fingerprint density at radius 2 is 2.03 bits per heavy atom. The highest BCUT2D eigenvalue weighted by Gasteiger charge is 2.21. The Kier molecular flexibility index (Phi) is 6.41. The summed E-state index contributed by atoms with van der Waals surface area (Å²) in [5.41, 5.74) is 5.59. The number of carbonyl (C=O) groups is 1. The van der Waals surface area contributed by atoms with Crippen LogP contribution in [0.15, 0.2) is 24.5 Å². The van der Waals surface area contributed by atoms with E-state index in [2.05, 4.69) is 20.2 Å². The number of anilines is 1. The molecular formula is C23H28F2N8O2. The molecule has 4 rings (SSSR count). The van der Waals surface area contributed by atoms with E-state index in [1.165, 1.54) is 10.7 Å². The molecule has 4 aromatic rings. The van der Waals surface area contributed by atoms with Crippen LogP contribution in [0.4, 0.5) is 14.7 Å². The van der Waals surface area contributed by atoms with Gasteiger partial charge < -0.3 is 15.7 Å². The molecule has 0 bridgehead atoms. The number of hydrogen-bond acceptors (Lipinski definition) is 7. The predicted molar refractivity (Wildman–Crippen MR) is 126 cm³/mol. The number of nitrogens with zero attached hydrogens (tertiary/aromatic N) is 7. The van der Waals surface area contributed by atoms with Gasteiger partial charge >= 0.3 is 0 Å². The number of aryl methyl sites for hydroxylation is 1. The summed E-state index contributed by atoms with van der Waals surface area (Å²) in [6, 6.07) is 1.83. The maximum absolute atomic E-state index is 14.1. The minimum atomic E-state index is -0.938. The van der Waals surface area contributed by atoms with Gasteiger partial charge in [-0.2, -0.15) is 9.61 Å². The van der Waals surface area contributed by atoms with Crippen LogP contribution in [0.5, 0.6) is 0 Å². The first-order valence-corrected chi connectivity index (χ1v) is 11.2. The van der Waals surface area contributed by atoms with Gasteiger partial charge in [0.1, 0.15) is 11.3 Å². The molecule has 3 N–H and O–H groups in total. The molecule has 3 heterocycles. The number of aliphatic hydroxyl groups is 1. The lowest BCUT2D eigenvalue weighted by atomic mass is 10.1. The van der Waals surface area contributed by atoms with Gasteiger partial charge in [0.25, 0.3) is 5.91 Å². The summed E-state index contributed by atoms with van der Waals surface area (Å²) in [6.07, 6.45) is 4.94. The van der Waals surface area contributed by atoms with Crippen molar-refractivity contribution in [2.24, 2.45) is 0 Å². The third-order valence-corrected chi connectivity index (χ3v) is 5.80. The van der Waals surface area contributed by atoms with Crippen molar-refractivity contribution in [2.45, 2.75) is 58.2 Å². The fraction of sp³-hybridized carbons (Fsp3) is 0.435. The largest absolute Gasteiger partial charge is 0.389 e. The van der Waals surface area contributed by atoms with Crippen molar-refractivity contribution < 1.29 is 18.7 Å². The first kappa shape index (κ1) is 24.5. The first-order chi connectivity index (χ1) is 16.4. The number of fused-ring (bicyclic) bond motifs is 3. The molecule has 10 nitrogen and oxygen atoms in total. The highest BCUT2D eigenvalue weighted by Crippen LogP contribution is 2.24. The second kappa shape index (κ2) is 9.17. The molecule has 1 aromatic carbocycles. The highest BCUT2D eigenvalue weighted by molar-refractivity contribution is 5.94. The van der Waals surface area contributed by atoms with Gasteiger partial charge in [0, 0.05) is 31.8 Å². The molecule has 12 heteroatoms. The van der Waals surface area contributed by atoms with Crippen molar-refractivity contribution in [1.29, 1.82) is 0 Å². The lowest BCUT2D eigenvalue weighted by molar-refractivity contribution is 0.0575. The van der Waals surface area contributed by atoms with Crippen molar-refractivity contribution in [3.63, 3.8) is 0 Å². The molecule has 0 unspecified atom stereocenters. The van der Waals surface area contributed by atoms with E-state index in [-0.39, 0.29) is 41.0 Å². The molecule has 0 aliphatic heterocycles. The normalized spacial score (nSPS) is 13.0. The summed E-state index contributed by atoms with van der Waals surface area (Å²) >= 11 is 0. The van der Waals surface area contributed by atoms with Crippen LogP contribution in [-0.2, 0) is 13.0 Å². The molecule has 0 fully saturated rings. The Labute approximate surface area is 200 Å². The van der Waals surface area contributed by atoms with Crippen LogP contribution in [0.2, 0.25) is 0 Å². The van der Waals surface area contributed by atoms with E-state index in [1.807, 2.05) is 6.92 Å². The summed E-state index contributed by atoms with van der Waals surface area (Å²) in [5.74, 6) is -1.30. The number of hydrogen-bond donors (Lipinski definition) is 2. The lowest BCUT2D eigenvalue weighted by Gasteiger charge is -2.24. The van der Waals surface area contributed by atoms with Gasteiger partial charge in [-0.3, -0.25) is 9.48 Å². The number of aromatic nitrogens is 6. The molecule has 3 aromatic heterocycles. The van der Waals surface area contributed by atoms with Crippen molar-refractivity contribution in [2.75, 3.05) is 12.8 Å². The second-order valence-electron chi connectivity index (χ2n) is 9.41. The molecule has 0 spiro atoms. The zero-order chi connectivity index (χ0) is 25.5. The molecule has 35 heavy (non-hydrogen) atoms. The van der Waals surface area contributed by atoms with E-state index in [4.69, 9.17) is 5.73 Å². The van der Waals surface area contributed by atoms with Crippen LogP contribution in [0.3, 0.4) is 0 Å². The van der Waals surface area contributed by atoms with Crippen LogP contribution < -0.4 is 5.73 Å². The summed E-state index contributed by atoms with van der Waals surface area (Å²) in [7, 11) is 1.73. The lowest BCUT2D eigenvalue weighted by Crippen LogP contribution is -2.35. The molecule has 0 aliphatic carbocycles. The smallest absolute Gasteiger partial charge is 0.257 e. The van der Waals surface area contributed by atoms with Crippen LogP contribution in [-0.4, -0.2) is 64.0 Å². The molecule has 1 amide bonds. The Balaban J connectivity index is 1.41. The number of halogens is 2. The zero-order valence-electron chi connectivity index (χ0n) is 20.0. The number of nitrogen functional groups attached to an aromatic ring is 1. The number of carbonyl (C=O) groups excluding carboxylic acids is 1. The Morgan fingerprint density at radius 1 is 1.29 bits per heavy atom. The minimum Gasteiger partial charge on any atom is -0.389 e. The van der Waals surface area contributed by atoms with Gasteiger partial charge in [-0.25, -0.2) is 18.7 Å². The third-order valence-electron chi connectivity index (χ3n) is 5.80. The molecule has 0 saturated carbocycles. The molecule has 0 aliphatic rings. The van der Waals surface area contributed by atoms with Gasteiger partial charge in [-0.15, -0.1) is 5.10 Å². The highest BCUT2D eigenvalue weighted by atomic mass is 19.1. The fourth-order valence-corrected chi connectivity index (χ4v) is 3.92. The molecule has 1 atom stereocenters. The average Bonchev–Trinajstić information content (AvgIpc) is 3.40. The van der Waals surface area contributed by atoms with Gasteiger partial charge in [0.2, 0.25) is 5.95 Å². The maximum Gasteiger partial charge on any atom is 0.257 e. The Bertz CT molecular complexity index is 1390. The summed E-state index contributed by atoms with van der Waals surface area (Å²) in [6.45, 7) is 5.57. The van der Waals surface area contributed by atoms with Crippen LogP contribution >= 0.6 is 0 Å². The van der Waals surface area contributed by atoms with Crippen LogP contribution in [0.1, 0.15) is 49.8 Å². The van der Waals surface area contributed by atoms with Crippen molar-refractivity contribution in [3.8, 4) is 0 Å². The van der Waals surface area contributed by atoms with Gasteiger partial charge in [-0.05, 0) is 39.7 Å².